The summed E-state index contributed by atoms with van der Waals surface area (Å²) < 4.78 is 7.05. The average Bonchev–Trinajstić information content (AvgIpc) is 3.00. The Morgan fingerprint density at radius 2 is 2.04 bits per heavy atom. The summed E-state index contributed by atoms with van der Waals surface area (Å²) in [5.41, 5.74) is 0.727. The van der Waals surface area contributed by atoms with E-state index in [1.54, 1.807) is 16.8 Å². The van der Waals surface area contributed by atoms with Gasteiger partial charge in [-0.25, -0.2) is 0 Å². The van der Waals surface area contributed by atoms with Crippen molar-refractivity contribution < 1.29 is 9.21 Å². The minimum atomic E-state index is -0.116. The molecule has 0 aliphatic heterocycles. The van der Waals surface area contributed by atoms with Crippen LogP contribution in [0.4, 0.5) is 0 Å². The molecule has 4 heteroatoms. The second-order valence-corrected chi connectivity index (χ2v) is 5.97. The number of carbonyl (C=O) groups is 1. The van der Waals surface area contributed by atoms with E-state index in [0.29, 0.717) is 11.8 Å². The lowest BCUT2D eigenvalue weighted by Gasteiger charge is -2.17. The van der Waals surface area contributed by atoms with Crippen LogP contribution < -0.4 is 5.49 Å². The number of nitrogens with zero attached hydrogens (tertiary/aromatic N) is 2. The standard InChI is InChI=1S/C19H22N2O2/c1-15-10-11-17(23-15)12-13-19(22)21-14-6-5-9-18(21)20-16-7-3-2-4-8-16/h5-6,9-14,16H,2-4,7-8H2,1H3. The summed E-state index contributed by atoms with van der Waals surface area (Å²) in [6.45, 7) is 1.88. The van der Waals surface area contributed by atoms with Gasteiger partial charge in [-0.05, 0) is 50.1 Å². The lowest BCUT2D eigenvalue weighted by atomic mass is 9.96. The molecule has 1 aliphatic rings. The predicted molar refractivity (Wildman–Crippen MR) is 90.0 cm³/mol. The van der Waals surface area contributed by atoms with Crippen LogP contribution in [0.25, 0.3) is 6.08 Å². The van der Waals surface area contributed by atoms with E-state index >= 15 is 0 Å². The van der Waals surface area contributed by atoms with Gasteiger partial charge >= 0.3 is 0 Å². The van der Waals surface area contributed by atoms with E-state index in [1.807, 2.05) is 37.3 Å². The summed E-state index contributed by atoms with van der Waals surface area (Å²) in [6.07, 6.45) is 11.0. The number of aromatic nitrogens is 1. The first-order valence-corrected chi connectivity index (χ1v) is 8.23. The second kappa shape index (κ2) is 7.27. The lowest BCUT2D eigenvalue weighted by molar-refractivity contribution is 0.0964. The molecular weight excluding hydrogens is 288 g/mol. The van der Waals surface area contributed by atoms with Crippen LogP contribution in [0, 0.1) is 6.92 Å². The number of rotatable bonds is 3. The third-order valence-electron chi connectivity index (χ3n) is 4.12. The molecule has 0 unspecified atom stereocenters. The zero-order valence-electron chi connectivity index (χ0n) is 13.4. The molecule has 1 fully saturated rings. The van der Waals surface area contributed by atoms with Crippen molar-refractivity contribution in [2.24, 2.45) is 4.99 Å². The first-order valence-electron chi connectivity index (χ1n) is 8.23. The summed E-state index contributed by atoms with van der Waals surface area (Å²) in [7, 11) is 0. The summed E-state index contributed by atoms with van der Waals surface area (Å²) in [4.78, 5) is 17.2. The number of carbonyl (C=O) groups excluding carboxylic acids is 1. The fourth-order valence-electron chi connectivity index (χ4n) is 2.90. The summed E-state index contributed by atoms with van der Waals surface area (Å²) >= 11 is 0. The van der Waals surface area contributed by atoms with Crippen molar-refractivity contribution in [1.82, 2.24) is 4.57 Å². The smallest absolute Gasteiger partial charge is 0.256 e. The van der Waals surface area contributed by atoms with Gasteiger partial charge < -0.3 is 4.42 Å². The fourth-order valence-corrected chi connectivity index (χ4v) is 2.90. The zero-order valence-corrected chi connectivity index (χ0v) is 13.4. The van der Waals surface area contributed by atoms with Crippen LogP contribution in [0.1, 0.15) is 48.4 Å². The molecule has 0 spiro atoms. The van der Waals surface area contributed by atoms with Crippen molar-refractivity contribution in [3.8, 4) is 0 Å². The number of furan rings is 1. The molecule has 120 valence electrons. The van der Waals surface area contributed by atoms with E-state index < -0.39 is 0 Å². The van der Waals surface area contributed by atoms with E-state index in [4.69, 9.17) is 9.41 Å². The maximum Gasteiger partial charge on any atom is 0.256 e. The minimum Gasteiger partial charge on any atom is -0.462 e. The average molecular weight is 310 g/mol. The van der Waals surface area contributed by atoms with E-state index in [9.17, 15) is 4.79 Å². The predicted octanol–water partition coefficient (Wildman–Crippen LogP) is 3.98. The number of hydrogen-bond acceptors (Lipinski definition) is 3. The molecule has 0 saturated heterocycles. The molecular formula is C19H22N2O2. The molecule has 1 saturated carbocycles. The van der Waals surface area contributed by atoms with Gasteiger partial charge in [0.2, 0.25) is 0 Å². The quantitative estimate of drug-likeness (QED) is 0.805. The molecule has 0 atom stereocenters. The highest BCUT2D eigenvalue weighted by atomic mass is 16.3. The Morgan fingerprint density at radius 1 is 1.22 bits per heavy atom. The molecule has 0 N–H and O–H groups in total. The Morgan fingerprint density at radius 3 is 2.78 bits per heavy atom. The van der Waals surface area contributed by atoms with Gasteiger partial charge in [0, 0.05) is 12.3 Å². The summed E-state index contributed by atoms with van der Waals surface area (Å²) in [5, 5.41) is 0. The number of aryl methyl sites for hydroxylation is 1. The van der Waals surface area contributed by atoms with E-state index in [0.717, 1.165) is 24.1 Å². The molecule has 2 aromatic heterocycles. The van der Waals surface area contributed by atoms with Gasteiger partial charge in [0.25, 0.3) is 5.91 Å². The molecule has 1 aliphatic carbocycles. The molecule has 23 heavy (non-hydrogen) atoms. The number of hydrogen-bond donors (Lipinski definition) is 0. The highest BCUT2D eigenvalue weighted by Crippen LogP contribution is 2.19. The molecule has 2 aromatic rings. The van der Waals surface area contributed by atoms with Crippen LogP contribution in [-0.2, 0) is 0 Å². The SMILES string of the molecule is Cc1ccc(C=CC(=O)n2ccccc2=NC2CCCCC2)o1. The van der Waals surface area contributed by atoms with Crippen molar-refractivity contribution >= 4 is 12.0 Å². The largest absolute Gasteiger partial charge is 0.462 e. The monoisotopic (exact) mass is 310 g/mol. The van der Waals surface area contributed by atoms with Gasteiger partial charge in [0.05, 0.1) is 6.04 Å². The summed E-state index contributed by atoms with van der Waals surface area (Å²) in [6, 6.07) is 9.73. The molecule has 3 rings (SSSR count). The van der Waals surface area contributed by atoms with Gasteiger partial charge in [0.1, 0.15) is 17.0 Å². The normalized spacial score (nSPS) is 17.0. The van der Waals surface area contributed by atoms with Crippen LogP contribution >= 0.6 is 0 Å². The van der Waals surface area contributed by atoms with Gasteiger partial charge in [-0.1, -0.05) is 25.3 Å². The van der Waals surface area contributed by atoms with Gasteiger partial charge in [-0.3, -0.25) is 14.4 Å². The van der Waals surface area contributed by atoms with Crippen molar-refractivity contribution in [2.75, 3.05) is 0 Å². The molecule has 4 nitrogen and oxygen atoms in total. The maximum absolute atomic E-state index is 12.5. The Balaban J connectivity index is 1.83. The van der Waals surface area contributed by atoms with Crippen molar-refractivity contribution in [2.45, 2.75) is 45.1 Å². The third kappa shape index (κ3) is 4.09. The number of pyridine rings is 1. The molecule has 2 heterocycles. The maximum atomic E-state index is 12.5. The fraction of sp³-hybridized carbons (Fsp3) is 0.368. The van der Waals surface area contributed by atoms with Crippen LogP contribution in [-0.4, -0.2) is 16.5 Å². The number of allylic oxidation sites excluding steroid dienone is 1. The van der Waals surface area contributed by atoms with Crippen molar-refractivity contribution in [3.63, 3.8) is 0 Å². The van der Waals surface area contributed by atoms with Crippen LogP contribution in [0.3, 0.4) is 0 Å². The van der Waals surface area contributed by atoms with E-state index in [-0.39, 0.29) is 5.91 Å². The second-order valence-electron chi connectivity index (χ2n) is 5.97. The van der Waals surface area contributed by atoms with Crippen LogP contribution in [0.2, 0.25) is 0 Å². The Bertz CT molecular complexity index is 761. The minimum absolute atomic E-state index is 0.116. The van der Waals surface area contributed by atoms with Crippen LogP contribution in [0.5, 0.6) is 0 Å². The first kappa shape index (κ1) is 15.5. The Kier molecular flexibility index (Phi) is 4.91. The lowest BCUT2D eigenvalue weighted by Crippen LogP contribution is -2.27. The molecule has 0 radical (unpaired) electrons. The van der Waals surface area contributed by atoms with Crippen molar-refractivity contribution in [1.29, 1.82) is 0 Å². The van der Waals surface area contributed by atoms with Crippen molar-refractivity contribution in [3.05, 3.63) is 59.6 Å². The molecule has 0 amide bonds. The topological polar surface area (TPSA) is 47.5 Å². The third-order valence-corrected chi connectivity index (χ3v) is 4.12. The van der Waals surface area contributed by atoms with E-state index in [2.05, 4.69) is 0 Å². The Hall–Kier alpha value is -2.36. The summed E-state index contributed by atoms with van der Waals surface area (Å²) in [5.74, 6) is 1.39. The van der Waals surface area contributed by atoms with Crippen LogP contribution in [0.15, 0.2) is 52.0 Å². The van der Waals surface area contributed by atoms with Gasteiger partial charge in [-0.15, -0.1) is 0 Å². The van der Waals surface area contributed by atoms with Gasteiger partial charge in [-0.2, -0.15) is 0 Å². The Labute approximate surface area is 136 Å². The zero-order chi connectivity index (χ0) is 16.1. The molecule has 0 bridgehead atoms. The molecule has 0 aromatic carbocycles. The van der Waals surface area contributed by atoms with Gasteiger partial charge in [0.15, 0.2) is 0 Å². The highest BCUT2D eigenvalue weighted by molar-refractivity contribution is 5.93. The van der Waals surface area contributed by atoms with E-state index in [1.165, 1.54) is 25.3 Å². The first-order chi connectivity index (χ1) is 11.2. The highest BCUT2D eigenvalue weighted by Gasteiger charge is 2.12.